The highest BCUT2D eigenvalue weighted by Gasteiger charge is 2.20. The van der Waals surface area contributed by atoms with Crippen molar-refractivity contribution < 1.29 is 4.79 Å². The zero-order valence-corrected chi connectivity index (χ0v) is 9.47. The van der Waals surface area contributed by atoms with Gasteiger partial charge in [0.05, 0.1) is 11.4 Å². The lowest BCUT2D eigenvalue weighted by Crippen LogP contribution is -2.25. The number of hydrogen-bond acceptors (Lipinski definition) is 2. The Morgan fingerprint density at radius 3 is 3.07 bits per heavy atom. The first-order valence-electron chi connectivity index (χ1n) is 4.49. The van der Waals surface area contributed by atoms with Crippen molar-refractivity contribution in [2.24, 2.45) is 0 Å². The Labute approximate surface area is 91.2 Å². The summed E-state index contributed by atoms with van der Waals surface area (Å²) in [6.45, 7) is 0.701. The lowest BCUT2D eigenvalue weighted by atomic mass is 10.2. The smallest absolute Gasteiger partial charge is 0.228 e. The molecule has 0 spiro atoms. The SMILES string of the molecule is CN1C(=O)CCNc2cccc(Br)c21. The van der Waals surface area contributed by atoms with Crippen molar-refractivity contribution in [3.8, 4) is 0 Å². The number of hydrogen-bond donors (Lipinski definition) is 1. The minimum Gasteiger partial charge on any atom is -0.383 e. The molecule has 0 unspecified atom stereocenters. The third-order valence-corrected chi connectivity index (χ3v) is 2.99. The molecule has 0 saturated heterocycles. The Bertz CT molecular complexity index is 378. The highest BCUT2D eigenvalue weighted by atomic mass is 79.9. The molecule has 4 heteroatoms. The molecule has 3 nitrogen and oxygen atoms in total. The van der Waals surface area contributed by atoms with Crippen LogP contribution in [0.4, 0.5) is 11.4 Å². The molecule has 1 amide bonds. The van der Waals surface area contributed by atoms with E-state index >= 15 is 0 Å². The number of amides is 1. The van der Waals surface area contributed by atoms with E-state index in [1.807, 2.05) is 18.2 Å². The number of carbonyl (C=O) groups excluding carboxylic acids is 1. The van der Waals surface area contributed by atoms with Crippen LogP contribution in [0.3, 0.4) is 0 Å². The van der Waals surface area contributed by atoms with E-state index in [2.05, 4.69) is 21.2 Å². The normalized spacial score (nSPS) is 15.9. The first-order chi connectivity index (χ1) is 6.70. The average Bonchev–Trinajstić information content (AvgIpc) is 2.29. The van der Waals surface area contributed by atoms with Crippen molar-refractivity contribution in [3.05, 3.63) is 22.7 Å². The topological polar surface area (TPSA) is 32.3 Å². The summed E-state index contributed by atoms with van der Waals surface area (Å²) in [6, 6.07) is 5.88. The zero-order chi connectivity index (χ0) is 10.1. The molecule has 0 atom stereocenters. The predicted octanol–water partition coefficient (Wildman–Crippen LogP) is 2.23. The van der Waals surface area contributed by atoms with Crippen LogP contribution in [0.5, 0.6) is 0 Å². The molecule has 74 valence electrons. The van der Waals surface area contributed by atoms with E-state index in [4.69, 9.17) is 0 Å². The van der Waals surface area contributed by atoms with Crippen molar-refractivity contribution in [1.82, 2.24) is 0 Å². The largest absolute Gasteiger partial charge is 0.383 e. The molecule has 14 heavy (non-hydrogen) atoms. The number of nitrogens with zero attached hydrogens (tertiary/aromatic N) is 1. The van der Waals surface area contributed by atoms with Crippen molar-refractivity contribution in [1.29, 1.82) is 0 Å². The molecule has 1 aliphatic heterocycles. The summed E-state index contributed by atoms with van der Waals surface area (Å²) in [4.78, 5) is 13.3. The summed E-state index contributed by atoms with van der Waals surface area (Å²) < 4.78 is 0.945. The third-order valence-electron chi connectivity index (χ3n) is 2.35. The number of halogens is 1. The number of anilines is 2. The van der Waals surface area contributed by atoms with E-state index in [1.54, 1.807) is 11.9 Å². The van der Waals surface area contributed by atoms with Crippen molar-refractivity contribution in [2.45, 2.75) is 6.42 Å². The van der Waals surface area contributed by atoms with Crippen molar-refractivity contribution >= 4 is 33.2 Å². The fraction of sp³-hybridized carbons (Fsp3) is 0.300. The standard InChI is InChI=1S/C10H11BrN2O/c1-13-9(14)5-6-12-8-4-2-3-7(11)10(8)13/h2-4,12H,5-6H2,1H3. The van der Waals surface area contributed by atoms with Crippen LogP contribution in [-0.4, -0.2) is 19.5 Å². The van der Waals surface area contributed by atoms with Crippen LogP contribution in [0.15, 0.2) is 22.7 Å². The van der Waals surface area contributed by atoms with Gasteiger partial charge in [-0.2, -0.15) is 0 Å². The number of para-hydroxylation sites is 1. The summed E-state index contributed by atoms with van der Waals surface area (Å²) in [5, 5.41) is 3.23. The lowest BCUT2D eigenvalue weighted by molar-refractivity contribution is -0.118. The van der Waals surface area contributed by atoms with Gasteiger partial charge in [0.2, 0.25) is 5.91 Å². The molecule has 0 fully saturated rings. The Morgan fingerprint density at radius 2 is 2.29 bits per heavy atom. The van der Waals surface area contributed by atoms with Gasteiger partial charge in [-0.05, 0) is 28.1 Å². The van der Waals surface area contributed by atoms with Gasteiger partial charge in [-0.25, -0.2) is 0 Å². The monoisotopic (exact) mass is 254 g/mol. The fourth-order valence-corrected chi connectivity index (χ4v) is 2.23. The van der Waals surface area contributed by atoms with Crippen LogP contribution in [0.25, 0.3) is 0 Å². The molecule has 0 aliphatic carbocycles. The molecule has 2 rings (SSSR count). The Kier molecular flexibility index (Phi) is 2.46. The molecule has 1 aliphatic rings. The average molecular weight is 255 g/mol. The first-order valence-corrected chi connectivity index (χ1v) is 5.28. The predicted molar refractivity (Wildman–Crippen MR) is 60.7 cm³/mol. The van der Waals surface area contributed by atoms with Gasteiger partial charge in [0.15, 0.2) is 0 Å². The minimum absolute atomic E-state index is 0.142. The van der Waals surface area contributed by atoms with E-state index in [9.17, 15) is 4.79 Å². The summed E-state index contributed by atoms with van der Waals surface area (Å²) >= 11 is 3.45. The Balaban J connectivity index is 2.55. The Hall–Kier alpha value is -1.03. The van der Waals surface area contributed by atoms with Gasteiger partial charge in [-0.3, -0.25) is 4.79 Å². The van der Waals surface area contributed by atoms with E-state index in [0.717, 1.165) is 15.8 Å². The van der Waals surface area contributed by atoms with E-state index < -0.39 is 0 Å². The summed E-state index contributed by atoms with van der Waals surface area (Å²) in [6.07, 6.45) is 0.539. The van der Waals surface area contributed by atoms with Crippen molar-refractivity contribution in [2.75, 3.05) is 23.8 Å². The van der Waals surface area contributed by atoms with Gasteiger partial charge >= 0.3 is 0 Å². The molecular weight excluding hydrogens is 244 g/mol. The molecule has 0 bridgehead atoms. The molecule has 1 aromatic carbocycles. The van der Waals surface area contributed by atoms with Gasteiger partial charge in [-0.1, -0.05) is 6.07 Å². The summed E-state index contributed by atoms with van der Waals surface area (Å²) in [5.41, 5.74) is 1.93. The molecule has 0 saturated carbocycles. The van der Waals surface area contributed by atoms with E-state index in [-0.39, 0.29) is 5.91 Å². The van der Waals surface area contributed by atoms with Crippen molar-refractivity contribution in [3.63, 3.8) is 0 Å². The van der Waals surface area contributed by atoms with E-state index in [0.29, 0.717) is 13.0 Å². The van der Waals surface area contributed by atoms with Crippen LogP contribution in [0.1, 0.15) is 6.42 Å². The quantitative estimate of drug-likeness (QED) is 0.771. The van der Waals surface area contributed by atoms with Gasteiger partial charge in [-0.15, -0.1) is 0 Å². The van der Waals surface area contributed by atoms with Gasteiger partial charge < -0.3 is 10.2 Å². The number of carbonyl (C=O) groups is 1. The van der Waals surface area contributed by atoms with Crippen LogP contribution in [0.2, 0.25) is 0 Å². The molecule has 1 heterocycles. The second-order valence-corrected chi connectivity index (χ2v) is 4.12. The molecule has 1 N–H and O–H groups in total. The van der Waals surface area contributed by atoms with Gasteiger partial charge in [0, 0.05) is 24.5 Å². The summed E-state index contributed by atoms with van der Waals surface area (Å²) in [7, 11) is 1.80. The maximum Gasteiger partial charge on any atom is 0.228 e. The number of benzene rings is 1. The van der Waals surface area contributed by atoms with Crippen LogP contribution in [0, 0.1) is 0 Å². The van der Waals surface area contributed by atoms with Crippen LogP contribution >= 0.6 is 15.9 Å². The van der Waals surface area contributed by atoms with Crippen LogP contribution < -0.4 is 10.2 Å². The second-order valence-electron chi connectivity index (χ2n) is 3.27. The lowest BCUT2D eigenvalue weighted by Gasteiger charge is -2.18. The molecule has 0 radical (unpaired) electrons. The number of nitrogens with one attached hydrogen (secondary N) is 1. The number of rotatable bonds is 0. The minimum atomic E-state index is 0.142. The maximum absolute atomic E-state index is 11.6. The zero-order valence-electron chi connectivity index (χ0n) is 7.88. The third kappa shape index (κ3) is 1.50. The Morgan fingerprint density at radius 1 is 1.50 bits per heavy atom. The van der Waals surface area contributed by atoms with E-state index in [1.165, 1.54) is 0 Å². The fourth-order valence-electron chi connectivity index (χ4n) is 1.60. The van der Waals surface area contributed by atoms with Gasteiger partial charge in [0.1, 0.15) is 0 Å². The second kappa shape index (κ2) is 3.61. The first kappa shape index (κ1) is 9.52. The number of fused-ring (bicyclic) bond motifs is 1. The molecule has 0 aromatic heterocycles. The van der Waals surface area contributed by atoms with Crippen LogP contribution in [-0.2, 0) is 4.79 Å². The highest BCUT2D eigenvalue weighted by Crippen LogP contribution is 2.35. The summed E-state index contributed by atoms with van der Waals surface area (Å²) in [5.74, 6) is 0.142. The maximum atomic E-state index is 11.6. The molecule has 1 aromatic rings. The molecular formula is C10H11BrN2O. The highest BCUT2D eigenvalue weighted by molar-refractivity contribution is 9.10. The van der Waals surface area contributed by atoms with Gasteiger partial charge in [0.25, 0.3) is 0 Å².